The second-order valence-corrected chi connectivity index (χ2v) is 6.81. The van der Waals surface area contributed by atoms with E-state index in [1.807, 2.05) is 43.4 Å². The molecule has 3 aromatic rings. The largest absolute Gasteiger partial charge is 0.444 e. The highest BCUT2D eigenvalue weighted by atomic mass is 16.6. The molecule has 0 saturated carbocycles. The molecule has 0 aliphatic rings. The molecule has 1 amide bonds. The van der Waals surface area contributed by atoms with Crippen LogP contribution in [0.3, 0.4) is 0 Å². The van der Waals surface area contributed by atoms with E-state index in [0.717, 1.165) is 24.1 Å². The Balaban J connectivity index is 1.56. The van der Waals surface area contributed by atoms with Crippen molar-refractivity contribution >= 4 is 22.9 Å². The number of hydrogen-bond donors (Lipinski definition) is 1. The quantitative estimate of drug-likeness (QED) is 0.729. The maximum atomic E-state index is 12.4. The summed E-state index contributed by atoms with van der Waals surface area (Å²) in [5.41, 5.74) is 1.72. The van der Waals surface area contributed by atoms with Crippen LogP contribution in [0, 0.1) is 0 Å². The number of ether oxygens (including phenoxy) is 1. The molecule has 3 aromatic heterocycles. The van der Waals surface area contributed by atoms with Crippen molar-refractivity contribution in [3.8, 4) is 0 Å². The molecule has 3 heterocycles. The first kappa shape index (κ1) is 16.3. The lowest BCUT2D eigenvalue weighted by Gasteiger charge is -2.19. The maximum absolute atomic E-state index is 12.4. The molecule has 24 heavy (non-hydrogen) atoms. The fourth-order valence-corrected chi connectivity index (χ4v) is 2.74. The number of nitrogens with one attached hydrogen (secondary N) is 1. The smallest absolute Gasteiger partial charge is 0.407 e. The average molecular weight is 330 g/mol. The molecule has 0 aliphatic heterocycles. The van der Waals surface area contributed by atoms with Gasteiger partial charge in [0, 0.05) is 13.1 Å². The van der Waals surface area contributed by atoms with Gasteiger partial charge in [0.15, 0.2) is 0 Å². The van der Waals surface area contributed by atoms with Crippen molar-refractivity contribution in [2.24, 2.45) is 0 Å². The predicted molar refractivity (Wildman–Crippen MR) is 91.6 cm³/mol. The van der Waals surface area contributed by atoms with Gasteiger partial charge < -0.3 is 10.1 Å². The van der Waals surface area contributed by atoms with Gasteiger partial charge in [-0.2, -0.15) is 0 Å². The Kier molecular flexibility index (Phi) is 4.17. The molecule has 7 nitrogen and oxygen atoms in total. The predicted octanol–water partition coefficient (Wildman–Crippen LogP) is 2.39. The zero-order valence-electron chi connectivity index (χ0n) is 14.2. The molecule has 7 heteroatoms. The Morgan fingerprint density at radius 1 is 1.29 bits per heavy atom. The van der Waals surface area contributed by atoms with E-state index in [4.69, 9.17) is 4.74 Å². The lowest BCUT2D eigenvalue weighted by atomic mass is 10.2. The molecule has 1 N–H and O–H groups in total. The van der Waals surface area contributed by atoms with Gasteiger partial charge in [-0.3, -0.25) is 13.8 Å². The maximum Gasteiger partial charge on any atom is 0.407 e. The number of aryl methyl sites for hydroxylation is 1. The van der Waals surface area contributed by atoms with Gasteiger partial charge in [0.1, 0.15) is 22.4 Å². The number of aromatic nitrogens is 3. The van der Waals surface area contributed by atoms with Gasteiger partial charge in [0.2, 0.25) is 0 Å². The summed E-state index contributed by atoms with van der Waals surface area (Å²) in [6.07, 6.45) is 2.76. The minimum absolute atomic E-state index is 0.0243. The summed E-state index contributed by atoms with van der Waals surface area (Å²) < 4.78 is 8.82. The summed E-state index contributed by atoms with van der Waals surface area (Å²) in [4.78, 5) is 28.2. The summed E-state index contributed by atoms with van der Waals surface area (Å²) in [5, 5.41) is 2.73. The van der Waals surface area contributed by atoms with Gasteiger partial charge >= 0.3 is 6.09 Å². The Hall–Kier alpha value is -2.57. The van der Waals surface area contributed by atoms with Gasteiger partial charge in [0.25, 0.3) is 5.56 Å². The first-order chi connectivity index (χ1) is 11.4. The highest BCUT2D eigenvalue weighted by Gasteiger charge is 2.16. The second kappa shape index (κ2) is 6.14. The van der Waals surface area contributed by atoms with Crippen molar-refractivity contribution in [2.45, 2.75) is 45.8 Å². The van der Waals surface area contributed by atoms with Crippen LogP contribution in [0.4, 0.5) is 4.79 Å². The summed E-state index contributed by atoms with van der Waals surface area (Å²) in [7, 11) is 0. The Bertz CT molecular complexity index is 904. The van der Waals surface area contributed by atoms with Gasteiger partial charge in [0.05, 0.1) is 6.20 Å². The molecule has 0 bridgehead atoms. The second-order valence-electron chi connectivity index (χ2n) is 6.81. The monoisotopic (exact) mass is 330 g/mol. The first-order valence-electron chi connectivity index (χ1n) is 8.12. The van der Waals surface area contributed by atoms with Crippen molar-refractivity contribution in [3.05, 3.63) is 34.7 Å². The summed E-state index contributed by atoms with van der Waals surface area (Å²) in [5.74, 6) is 0. The zero-order valence-corrected chi connectivity index (χ0v) is 14.2. The molecule has 0 spiro atoms. The number of nitrogens with zero attached hydrogens (tertiary/aromatic N) is 3. The van der Waals surface area contributed by atoms with Crippen LogP contribution < -0.4 is 10.9 Å². The Labute approximate surface area is 139 Å². The van der Waals surface area contributed by atoms with Crippen LogP contribution in [0.5, 0.6) is 0 Å². The molecule has 0 aromatic carbocycles. The Morgan fingerprint density at radius 2 is 2.08 bits per heavy atom. The molecular formula is C17H22N4O3. The van der Waals surface area contributed by atoms with E-state index < -0.39 is 11.7 Å². The molecule has 0 unspecified atom stereocenters. The number of amides is 1. The molecule has 0 radical (unpaired) electrons. The van der Waals surface area contributed by atoms with Crippen molar-refractivity contribution < 1.29 is 9.53 Å². The number of rotatable bonds is 5. The first-order valence-corrected chi connectivity index (χ1v) is 8.12. The molecular weight excluding hydrogens is 308 g/mol. The van der Waals surface area contributed by atoms with E-state index in [9.17, 15) is 9.59 Å². The van der Waals surface area contributed by atoms with Crippen LogP contribution in [0.25, 0.3) is 16.8 Å². The fraction of sp³-hybridized carbons (Fsp3) is 0.471. The zero-order chi connectivity index (χ0) is 17.3. The summed E-state index contributed by atoms with van der Waals surface area (Å²) in [6, 6.07) is 5.70. The number of imidazole rings is 2. The topological polar surface area (TPSA) is 77.6 Å². The third-order valence-corrected chi connectivity index (χ3v) is 3.73. The van der Waals surface area contributed by atoms with E-state index in [1.165, 1.54) is 0 Å². The van der Waals surface area contributed by atoms with Crippen LogP contribution in [-0.2, 0) is 11.3 Å². The van der Waals surface area contributed by atoms with Crippen LogP contribution >= 0.6 is 0 Å². The van der Waals surface area contributed by atoms with E-state index >= 15 is 0 Å². The molecule has 128 valence electrons. The number of alkyl carbamates (subject to hydrolysis) is 1. The van der Waals surface area contributed by atoms with Gasteiger partial charge in [-0.1, -0.05) is 6.07 Å². The molecule has 3 rings (SSSR count). The van der Waals surface area contributed by atoms with E-state index in [-0.39, 0.29) is 5.56 Å². The minimum atomic E-state index is -0.494. The van der Waals surface area contributed by atoms with Crippen LogP contribution in [0.15, 0.2) is 29.2 Å². The fourth-order valence-electron chi connectivity index (χ4n) is 2.74. The number of carbonyl (C=O) groups is 1. The van der Waals surface area contributed by atoms with E-state index in [1.54, 1.807) is 10.8 Å². The van der Waals surface area contributed by atoms with Crippen molar-refractivity contribution in [3.63, 3.8) is 0 Å². The SMILES string of the molecule is CC(C)(C)OC(=O)NCCCCn1c(=O)c2cnc3cccc1n32. The lowest BCUT2D eigenvalue weighted by molar-refractivity contribution is 0.0527. The minimum Gasteiger partial charge on any atom is -0.444 e. The highest BCUT2D eigenvalue weighted by molar-refractivity contribution is 5.67. The number of pyridine rings is 1. The average Bonchev–Trinajstić information content (AvgIpc) is 3.03. The molecule has 0 saturated heterocycles. The van der Waals surface area contributed by atoms with Crippen LogP contribution in [0.2, 0.25) is 0 Å². The van der Waals surface area contributed by atoms with E-state index in [0.29, 0.717) is 18.6 Å². The number of hydrogen-bond acceptors (Lipinski definition) is 4. The highest BCUT2D eigenvalue weighted by Crippen LogP contribution is 2.14. The number of carbonyl (C=O) groups excluding carboxylic acids is 1. The Morgan fingerprint density at radius 3 is 2.83 bits per heavy atom. The van der Waals surface area contributed by atoms with Crippen molar-refractivity contribution in [1.29, 1.82) is 0 Å². The normalized spacial score (nSPS) is 12.1. The van der Waals surface area contributed by atoms with E-state index in [2.05, 4.69) is 10.3 Å². The summed E-state index contributed by atoms with van der Waals surface area (Å²) >= 11 is 0. The molecule has 0 fully saturated rings. The third kappa shape index (κ3) is 3.20. The van der Waals surface area contributed by atoms with Gasteiger partial charge in [-0.15, -0.1) is 0 Å². The van der Waals surface area contributed by atoms with Gasteiger partial charge in [-0.25, -0.2) is 9.78 Å². The number of unbranched alkanes of at least 4 members (excludes halogenated alkanes) is 1. The van der Waals surface area contributed by atoms with Crippen LogP contribution in [-0.4, -0.2) is 32.2 Å². The van der Waals surface area contributed by atoms with Gasteiger partial charge in [-0.05, 0) is 45.7 Å². The third-order valence-electron chi connectivity index (χ3n) is 3.73. The standard InChI is InChI=1S/C17H22N4O3/c1-17(2,3)24-16(23)18-9-4-5-10-20-14-8-6-7-13-19-11-12(15(20)22)21(13)14/h6-8,11H,4-5,9-10H2,1-3H3,(H,18,23). The summed E-state index contributed by atoms with van der Waals surface area (Å²) in [6.45, 7) is 6.62. The lowest BCUT2D eigenvalue weighted by Crippen LogP contribution is -2.33. The van der Waals surface area contributed by atoms with Crippen molar-refractivity contribution in [1.82, 2.24) is 19.3 Å². The molecule has 0 aliphatic carbocycles. The van der Waals surface area contributed by atoms with Crippen molar-refractivity contribution in [2.75, 3.05) is 6.54 Å². The molecule has 0 atom stereocenters. The van der Waals surface area contributed by atoms with Crippen LogP contribution in [0.1, 0.15) is 33.6 Å².